The predicted octanol–water partition coefficient (Wildman–Crippen LogP) is 4.24. The number of hydrogen-bond acceptors (Lipinski definition) is 6. The van der Waals surface area contributed by atoms with Gasteiger partial charge in [0.25, 0.3) is 10.0 Å². The number of nitrogens with one attached hydrogen (secondary N) is 1. The first-order chi connectivity index (χ1) is 15.1. The third-order valence-electron chi connectivity index (χ3n) is 5.04. The number of nitrogens with zero attached hydrogens (tertiary/aromatic N) is 2. The van der Waals surface area contributed by atoms with Gasteiger partial charge in [-0.1, -0.05) is 29.8 Å². The molecule has 0 spiro atoms. The standard InChI is InChI=1S/C23H26N4O4S/c1-15-4-10-20(11-5-15)32(30,31)27(23(28)29)13-12-18-6-8-19(9-7-18)26-22-21(24)16(2)14-17(3)25-22/h4-11,14H,12-13,24H2,1-3H3,(H,25,26)(H,28,29). The lowest BCUT2D eigenvalue weighted by Crippen LogP contribution is -2.37. The Morgan fingerprint density at radius 2 is 1.69 bits per heavy atom. The molecule has 0 radical (unpaired) electrons. The van der Waals surface area contributed by atoms with Gasteiger partial charge in [0, 0.05) is 17.9 Å². The summed E-state index contributed by atoms with van der Waals surface area (Å²) in [6, 6.07) is 15.2. The first-order valence-corrected chi connectivity index (χ1v) is 11.4. The summed E-state index contributed by atoms with van der Waals surface area (Å²) < 4.78 is 26.0. The van der Waals surface area contributed by atoms with E-state index in [0.29, 0.717) is 15.8 Å². The van der Waals surface area contributed by atoms with Crippen molar-refractivity contribution in [2.75, 3.05) is 17.6 Å². The minimum Gasteiger partial charge on any atom is -0.464 e. The van der Waals surface area contributed by atoms with Crippen LogP contribution in [0.5, 0.6) is 0 Å². The van der Waals surface area contributed by atoms with Gasteiger partial charge >= 0.3 is 6.09 Å². The van der Waals surface area contributed by atoms with E-state index in [9.17, 15) is 18.3 Å². The molecule has 0 aliphatic rings. The molecule has 9 heteroatoms. The van der Waals surface area contributed by atoms with Crippen molar-refractivity contribution in [1.29, 1.82) is 0 Å². The second kappa shape index (κ2) is 9.27. The van der Waals surface area contributed by atoms with Gasteiger partial charge in [0.15, 0.2) is 5.82 Å². The van der Waals surface area contributed by atoms with Gasteiger partial charge in [-0.25, -0.2) is 22.5 Å². The topological polar surface area (TPSA) is 126 Å². The molecular formula is C23H26N4O4S. The number of aromatic nitrogens is 1. The Balaban J connectivity index is 1.72. The maximum Gasteiger partial charge on any atom is 0.421 e. The maximum absolute atomic E-state index is 12.8. The maximum atomic E-state index is 12.8. The van der Waals surface area contributed by atoms with Crippen molar-refractivity contribution >= 4 is 33.3 Å². The summed E-state index contributed by atoms with van der Waals surface area (Å²) in [5, 5.41) is 12.7. The SMILES string of the molecule is Cc1ccc(S(=O)(=O)N(CCc2ccc(Nc3nc(C)cc(C)c3N)cc2)C(=O)O)cc1. The molecule has 3 aromatic rings. The van der Waals surface area contributed by atoms with Crippen LogP contribution in [0.4, 0.5) is 22.0 Å². The minimum absolute atomic E-state index is 0.0522. The molecule has 1 aromatic heterocycles. The molecule has 0 unspecified atom stereocenters. The summed E-state index contributed by atoms with van der Waals surface area (Å²) in [4.78, 5) is 16.0. The fourth-order valence-electron chi connectivity index (χ4n) is 3.22. The Hall–Kier alpha value is -3.59. The van der Waals surface area contributed by atoms with Crippen molar-refractivity contribution in [3.63, 3.8) is 0 Å². The van der Waals surface area contributed by atoms with Crippen LogP contribution in [0.15, 0.2) is 59.5 Å². The average Bonchev–Trinajstić information content (AvgIpc) is 2.73. The smallest absolute Gasteiger partial charge is 0.421 e. The molecule has 168 valence electrons. The van der Waals surface area contributed by atoms with E-state index in [1.165, 1.54) is 12.1 Å². The lowest BCUT2D eigenvalue weighted by Gasteiger charge is -2.19. The Labute approximate surface area is 187 Å². The number of pyridine rings is 1. The molecule has 1 heterocycles. The molecule has 2 aromatic carbocycles. The van der Waals surface area contributed by atoms with Crippen molar-refractivity contribution in [2.45, 2.75) is 32.1 Å². The van der Waals surface area contributed by atoms with E-state index in [-0.39, 0.29) is 17.9 Å². The highest BCUT2D eigenvalue weighted by atomic mass is 32.2. The predicted molar refractivity (Wildman–Crippen MR) is 125 cm³/mol. The van der Waals surface area contributed by atoms with Crippen LogP contribution in [0.2, 0.25) is 0 Å². The fraction of sp³-hybridized carbons (Fsp3) is 0.217. The third kappa shape index (κ3) is 5.17. The number of nitrogens with two attached hydrogens (primary N) is 1. The molecule has 32 heavy (non-hydrogen) atoms. The lowest BCUT2D eigenvalue weighted by molar-refractivity contribution is 0.172. The summed E-state index contributed by atoms with van der Waals surface area (Å²) in [7, 11) is -4.15. The summed E-state index contributed by atoms with van der Waals surface area (Å²) in [5.74, 6) is 0.566. The molecular weight excluding hydrogens is 428 g/mol. The fourth-order valence-corrected chi connectivity index (χ4v) is 4.49. The van der Waals surface area contributed by atoms with E-state index in [2.05, 4.69) is 10.3 Å². The Morgan fingerprint density at radius 3 is 2.28 bits per heavy atom. The van der Waals surface area contributed by atoms with Gasteiger partial charge in [0.05, 0.1) is 10.6 Å². The third-order valence-corrected chi connectivity index (χ3v) is 6.82. The highest BCUT2D eigenvalue weighted by molar-refractivity contribution is 7.89. The van der Waals surface area contributed by atoms with Gasteiger partial charge in [-0.2, -0.15) is 0 Å². The van der Waals surface area contributed by atoms with Crippen LogP contribution in [-0.2, 0) is 16.4 Å². The van der Waals surface area contributed by atoms with Crippen molar-refractivity contribution in [2.24, 2.45) is 0 Å². The van der Waals surface area contributed by atoms with Gasteiger partial charge in [-0.05, 0) is 68.7 Å². The number of aryl methyl sites for hydroxylation is 3. The van der Waals surface area contributed by atoms with E-state index in [0.717, 1.165) is 28.1 Å². The largest absolute Gasteiger partial charge is 0.464 e. The number of rotatable bonds is 7. The molecule has 8 nitrogen and oxygen atoms in total. The number of carbonyl (C=O) groups is 1. The average molecular weight is 455 g/mol. The van der Waals surface area contributed by atoms with Gasteiger partial charge in [0.1, 0.15) is 0 Å². The number of anilines is 3. The highest BCUT2D eigenvalue weighted by Gasteiger charge is 2.28. The monoisotopic (exact) mass is 454 g/mol. The number of carboxylic acid groups (broad SMARTS) is 1. The van der Waals surface area contributed by atoms with E-state index < -0.39 is 16.1 Å². The van der Waals surface area contributed by atoms with E-state index in [1.807, 2.05) is 39.0 Å². The highest BCUT2D eigenvalue weighted by Crippen LogP contribution is 2.25. The van der Waals surface area contributed by atoms with Crippen LogP contribution < -0.4 is 11.1 Å². The molecule has 0 bridgehead atoms. The number of hydrogen-bond donors (Lipinski definition) is 3. The zero-order valence-electron chi connectivity index (χ0n) is 18.2. The number of nitrogen functional groups attached to an aromatic ring is 1. The summed E-state index contributed by atoms with van der Waals surface area (Å²) in [6.07, 6.45) is -1.28. The molecule has 3 rings (SSSR count). The number of sulfonamides is 1. The van der Waals surface area contributed by atoms with Crippen LogP contribution in [0.3, 0.4) is 0 Å². The first kappa shape index (κ1) is 23.1. The van der Waals surface area contributed by atoms with Crippen LogP contribution in [0.25, 0.3) is 0 Å². The summed E-state index contributed by atoms with van der Waals surface area (Å²) in [5.41, 5.74) is 10.9. The van der Waals surface area contributed by atoms with E-state index in [1.54, 1.807) is 24.3 Å². The molecule has 0 fully saturated rings. The zero-order chi connectivity index (χ0) is 23.5. The minimum atomic E-state index is -4.15. The van der Waals surface area contributed by atoms with Gasteiger partial charge in [-0.15, -0.1) is 0 Å². The lowest BCUT2D eigenvalue weighted by atomic mass is 10.1. The Morgan fingerprint density at radius 1 is 1.06 bits per heavy atom. The Kier molecular flexibility index (Phi) is 6.69. The van der Waals surface area contributed by atoms with Gasteiger partial charge in [-0.3, -0.25) is 0 Å². The summed E-state index contributed by atoms with van der Waals surface area (Å²) >= 11 is 0. The molecule has 0 saturated heterocycles. The molecule has 0 aliphatic heterocycles. The van der Waals surface area contributed by atoms with Crippen molar-refractivity contribution in [3.05, 3.63) is 77.0 Å². The van der Waals surface area contributed by atoms with Crippen molar-refractivity contribution < 1.29 is 18.3 Å². The molecule has 0 saturated carbocycles. The second-order valence-electron chi connectivity index (χ2n) is 7.59. The van der Waals surface area contributed by atoms with Crippen molar-refractivity contribution in [3.8, 4) is 0 Å². The molecule has 0 atom stereocenters. The van der Waals surface area contributed by atoms with Crippen LogP contribution >= 0.6 is 0 Å². The van der Waals surface area contributed by atoms with Crippen LogP contribution in [0.1, 0.15) is 22.4 Å². The van der Waals surface area contributed by atoms with E-state index >= 15 is 0 Å². The van der Waals surface area contributed by atoms with Crippen LogP contribution in [-0.4, -0.2) is 35.5 Å². The summed E-state index contributed by atoms with van der Waals surface area (Å²) in [6.45, 7) is 5.44. The number of benzene rings is 2. The molecule has 1 amide bonds. The Bertz CT molecular complexity index is 1220. The normalized spacial score (nSPS) is 11.2. The zero-order valence-corrected chi connectivity index (χ0v) is 19.0. The quantitative estimate of drug-likeness (QED) is 0.487. The molecule has 0 aliphatic carbocycles. The number of amides is 1. The van der Waals surface area contributed by atoms with Gasteiger partial charge in [0.2, 0.25) is 0 Å². The van der Waals surface area contributed by atoms with E-state index in [4.69, 9.17) is 5.73 Å². The second-order valence-corrected chi connectivity index (χ2v) is 9.45. The van der Waals surface area contributed by atoms with Crippen molar-refractivity contribution in [1.82, 2.24) is 9.29 Å². The first-order valence-electron chi connectivity index (χ1n) is 10.00. The van der Waals surface area contributed by atoms with Gasteiger partial charge < -0.3 is 16.2 Å². The van der Waals surface area contributed by atoms with Crippen LogP contribution in [0, 0.1) is 20.8 Å². The molecule has 4 N–H and O–H groups in total.